The fraction of sp³-hybridized carbons (Fsp3) is 0.308. The van der Waals surface area contributed by atoms with E-state index in [9.17, 15) is 14.4 Å². The van der Waals surface area contributed by atoms with Gasteiger partial charge in [-0.1, -0.05) is 109 Å². The van der Waals surface area contributed by atoms with Crippen LogP contribution in [0.4, 0.5) is 17.5 Å². The molecule has 26 nitrogen and oxygen atoms in total. The molecule has 0 bridgehead atoms. The second-order valence-corrected chi connectivity index (χ2v) is 21.7. The first-order chi connectivity index (χ1) is 44.1. The molecule has 26 heteroatoms. The zero-order valence-corrected chi connectivity index (χ0v) is 50.8. The summed E-state index contributed by atoms with van der Waals surface area (Å²) in [6.45, 7) is 29.6. The number of carbonyl (C=O) groups excluding carboxylic acids is 3. The number of aromatic nitrogens is 6. The molecule has 4 aromatic carbocycles. The van der Waals surface area contributed by atoms with Crippen LogP contribution in [0.25, 0.3) is 14.9 Å². The highest BCUT2D eigenvalue weighted by Crippen LogP contribution is 2.37. The minimum Gasteiger partial charge on any atom is -0.421 e. The molecule has 0 saturated carbocycles. The van der Waals surface area contributed by atoms with Gasteiger partial charge in [0.25, 0.3) is 23.7 Å². The van der Waals surface area contributed by atoms with Gasteiger partial charge in [0.2, 0.25) is 0 Å². The van der Waals surface area contributed by atoms with Gasteiger partial charge in [0, 0.05) is 99.2 Å². The minimum absolute atomic E-state index is 0.0564. The Labute approximate surface area is 529 Å². The summed E-state index contributed by atoms with van der Waals surface area (Å²) in [5, 5.41) is 23.2. The highest BCUT2D eigenvalue weighted by Gasteiger charge is 2.40. The first-order valence-corrected chi connectivity index (χ1v) is 29.3. The number of rotatable bonds is 13. The number of nitrogens with one attached hydrogen (secondary N) is 4. The van der Waals surface area contributed by atoms with E-state index in [0.717, 1.165) is 68.5 Å². The lowest BCUT2D eigenvalue weighted by Gasteiger charge is -2.42. The van der Waals surface area contributed by atoms with E-state index in [0.29, 0.717) is 51.6 Å². The van der Waals surface area contributed by atoms with Crippen LogP contribution in [0, 0.1) is 19.7 Å². The Kier molecular flexibility index (Phi) is 24.8. The number of amidine groups is 1. The largest absolute Gasteiger partial charge is 0.421 e. The van der Waals surface area contributed by atoms with Gasteiger partial charge in [-0.25, -0.2) is 29.9 Å². The third-order valence-corrected chi connectivity index (χ3v) is 15.8. The van der Waals surface area contributed by atoms with E-state index in [1.807, 2.05) is 94.7 Å². The van der Waals surface area contributed by atoms with Gasteiger partial charge in [0.1, 0.15) is 16.0 Å². The lowest BCUT2D eigenvalue weighted by molar-refractivity contribution is 0.0919. The van der Waals surface area contributed by atoms with E-state index in [2.05, 4.69) is 118 Å². The third kappa shape index (κ3) is 18.8. The van der Waals surface area contributed by atoms with Crippen molar-refractivity contribution in [2.75, 3.05) is 76.1 Å². The molecule has 0 spiro atoms. The molecule has 91 heavy (non-hydrogen) atoms. The van der Waals surface area contributed by atoms with Crippen molar-refractivity contribution in [3.63, 3.8) is 0 Å². The molecular weight excluding hydrogens is 1150 g/mol. The average molecular weight is 1230 g/mol. The van der Waals surface area contributed by atoms with Gasteiger partial charge in [-0.2, -0.15) is 19.7 Å². The van der Waals surface area contributed by atoms with Crippen LogP contribution in [-0.2, 0) is 16.2 Å². The summed E-state index contributed by atoms with van der Waals surface area (Å²) >= 11 is 0. The smallest absolute Gasteiger partial charge is 0.376 e. The summed E-state index contributed by atoms with van der Waals surface area (Å²) in [4.78, 5) is 74.4. The van der Waals surface area contributed by atoms with Crippen LogP contribution in [0.5, 0.6) is 5.75 Å². The monoisotopic (exact) mass is 1230 g/mol. The number of benzene rings is 4. The molecule has 10 rings (SSSR count). The van der Waals surface area contributed by atoms with Crippen molar-refractivity contribution in [3.05, 3.63) is 227 Å². The van der Waals surface area contributed by atoms with Crippen molar-refractivity contribution in [1.82, 2.24) is 61.0 Å². The van der Waals surface area contributed by atoms with E-state index in [-0.39, 0.29) is 80.5 Å². The van der Waals surface area contributed by atoms with Gasteiger partial charge in [-0.05, 0) is 94.3 Å². The highest BCUT2D eigenvalue weighted by atomic mass is 16.5. The Morgan fingerprint density at radius 2 is 0.824 bits per heavy atom. The van der Waals surface area contributed by atoms with Crippen LogP contribution in [0.1, 0.15) is 101 Å². The van der Waals surface area contributed by atoms with Crippen LogP contribution in [0.15, 0.2) is 174 Å². The highest BCUT2D eigenvalue weighted by molar-refractivity contribution is 5.97. The van der Waals surface area contributed by atoms with Crippen LogP contribution >= 0.6 is 0 Å². The van der Waals surface area contributed by atoms with Crippen molar-refractivity contribution in [2.24, 2.45) is 21.0 Å². The molecular formula is C65H74N22O4. The van der Waals surface area contributed by atoms with E-state index in [1.165, 1.54) is 42.7 Å². The predicted molar refractivity (Wildman–Crippen MR) is 349 cm³/mol. The summed E-state index contributed by atoms with van der Waals surface area (Å²) in [7, 11) is 0. The van der Waals surface area contributed by atoms with Crippen molar-refractivity contribution >= 4 is 52.9 Å². The van der Waals surface area contributed by atoms with E-state index >= 15 is 0 Å². The Hall–Kier alpha value is -11.4. The molecule has 6 heterocycles. The number of hydrogen-bond acceptors (Lipinski definition) is 17. The molecule has 0 radical (unpaired) electrons. The number of guanidine groups is 1. The quantitative estimate of drug-likeness (QED) is 0.0265. The van der Waals surface area contributed by atoms with Crippen molar-refractivity contribution in [2.45, 2.75) is 68.6 Å². The molecule has 12 N–H and O–H groups in total. The Balaban J connectivity index is 0.000000188. The topological polar surface area (TPSA) is 347 Å². The fourth-order valence-corrected chi connectivity index (χ4v) is 10.8. The zero-order chi connectivity index (χ0) is 64.9. The summed E-state index contributed by atoms with van der Waals surface area (Å²) in [6, 6.07) is 40.1. The summed E-state index contributed by atoms with van der Waals surface area (Å²) in [5.41, 5.74) is 27.3. The van der Waals surface area contributed by atoms with E-state index < -0.39 is 0 Å². The number of likely N-dealkylation sites (tertiary alicyclic amines) is 2. The fourth-order valence-electron chi connectivity index (χ4n) is 10.8. The Morgan fingerprint density at radius 3 is 1.15 bits per heavy atom. The van der Waals surface area contributed by atoms with Gasteiger partial charge in [-0.15, -0.1) is 14.9 Å². The maximum Gasteiger partial charge on any atom is 0.376 e. The molecule has 3 amide bonds. The van der Waals surface area contributed by atoms with Crippen molar-refractivity contribution < 1.29 is 19.1 Å². The zero-order valence-electron chi connectivity index (χ0n) is 50.8. The molecule has 468 valence electrons. The van der Waals surface area contributed by atoms with Crippen LogP contribution in [0.2, 0.25) is 0 Å². The molecule has 3 fully saturated rings. The second-order valence-electron chi connectivity index (χ2n) is 21.7. The molecule has 3 aromatic heterocycles. The number of hydrogen-bond donors (Lipinski definition) is 8. The molecule has 3 aliphatic rings. The first-order valence-electron chi connectivity index (χ1n) is 29.3. The molecule has 7 aromatic rings. The van der Waals surface area contributed by atoms with Gasteiger partial charge in [-0.3, -0.25) is 14.4 Å². The number of para-hydroxylation sites is 1. The lowest BCUT2D eigenvalue weighted by atomic mass is 9.72. The standard InChI is InChI=1S/C25H25N7O2.C19H22N8O.C17H21N5O.C4H6N2/c1-27-31-24(34-20-10-6-3-7-11-20)32-16-12-25(13-17-32,19-8-4-2-5-9-19)18-30-23(33)21-22(26)29-15-14-28-21;1-22-26-18(21)27-11-7-19(8-12-27,14-5-3-2-4-6-14)13-25-17(28)15-16(20)24-10-9-23-15;18-15-14(20-10-11-21-15)16(23)22-12-17(6-8-19-9-7-17)13-4-2-1-3-5-13;1-4(2)6-5-3/h2-11,14-15H,12-13,16-18H2,(H2,26,29)(H,30,33);2-6,9-10H,7-8,11-13H2,(H2,20,24)(H2,21,26)(H,25,28);1-5,10-11,19H,6-9,12H2,(H2,18,21)(H,22,23);1-2H3/b31-24+;;;. The average Bonchev–Trinajstić information content (AvgIpc) is 1.20. The van der Waals surface area contributed by atoms with Crippen LogP contribution < -0.4 is 48.9 Å². The lowest BCUT2D eigenvalue weighted by Crippen LogP contribution is -2.52. The van der Waals surface area contributed by atoms with Crippen LogP contribution in [-0.4, -0.2) is 134 Å². The van der Waals surface area contributed by atoms with Gasteiger partial charge >= 0.3 is 6.02 Å². The number of nitrogens with two attached hydrogens (primary N) is 4. The molecule has 0 unspecified atom stereocenters. The molecule has 3 saturated heterocycles. The molecule has 0 aliphatic carbocycles. The first kappa shape index (κ1) is 67.1. The second kappa shape index (κ2) is 33.6. The number of piperidine rings is 3. The van der Waals surface area contributed by atoms with Gasteiger partial charge in [0.15, 0.2) is 34.5 Å². The number of amides is 3. The van der Waals surface area contributed by atoms with E-state index in [4.69, 9.17) is 47.4 Å². The van der Waals surface area contributed by atoms with Crippen LogP contribution in [0.3, 0.4) is 0 Å². The van der Waals surface area contributed by atoms with Crippen molar-refractivity contribution in [3.8, 4) is 5.75 Å². The number of ether oxygens (including phenoxy) is 1. The predicted octanol–water partition coefficient (Wildman–Crippen LogP) is 6.47. The Morgan fingerprint density at radius 1 is 0.495 bits per heavy atom. The molecule has 3 aliphatic heterocycles. The summed E-state index contributed by atoms with van der Waals surface area (Å²) < 4.78 is 5.90. The number of nitrogens with zero attached hydrogens (tertiary/aromatic N) is 14. The maximum atomic E-state index is 12.8. The molecule has 0 atom stereocenters. The van der Waals surface area contributed by atoms with Crippen molar-refractivity contribution in [1.29, 1.82) is 0 Å². The SMILES string of the molecule is Nc1nccnc1C(=O)NCC1(c2ccccc2)CCNCC1.[C-]#[N+]/N=C(/N)N1CCC(CNC(=O)c2nccnc2N)(c2ccccc2)CC1.[C-]#[N+]/N=C(/Oc1ccccc1)N1CCC(CNC(=O)c2nccnc2N)(c2ccccc2)CC1.[C-]#[N+]N=C(C)C. The summed E-state index contributed by atoms with van der Waals surface area (Å²) in [5.74, 6) is 0.233. The third-order valence-electron chi connectivity index (χ3n) is 15.8. The maximum absolute atomic E-state index is 12.8. The van der Waals surface area contributed by atoms with E-state index in [1.54, 1.807) is 13.8 Å². The number of carbonyl (C=O) groups is 3. The number of anilines is 3. The number of nitrogen functional groups attached to an aromatic ring is 3. The van der Waals surface area contributed by atoms with Gasteiger partial charge in [0.05, 0.1) is 10.8 Å². The Bertz CT molecular complexity index is 3720. The minimum atomic E-state index is -0.356. The summed E-state index contributed by atoms with van der Waals surface area (Å²) in [6.07, 6.45) is 13.6. The normalized spacial score (nSPS) is 15.3. The van der Waals surface area contributed by atoms with Gasteiger partial charge < -0.3 is 58.7 Å².